The molecule has 8 heteroatoms. The number of amides is 1. The van der Waals surface area contributed by atoms with Gasteiger partial charge in [0.05, 0.1) is 19.7 Å². The van der Waals surface area contributed by atoms with Crippen LogP contribution < -0.4 is 5.32 Å². The van der Waals surface area contributed by atoms with Crippen LogP contribution in [0.15, 0.2) is 58.5 Å². The van der Waals surface area contributed by atoms with Crippen LogP contribution >= 0.6 is 27.3 Å². The summed E-state index contributed by atoms with van der Waals surface area (Å²) in [6.45, 7) is 4.11. The minimum absolute atomic E-state index is 0.0231. The van der Waals surface area contributed by atoms with Crippen LogP contribution in [0, 0.1) is 5.92 Å². The second-order valence-electron chi connectivity index (χ2n) is 9.84. The molecule has 1 saturated carbocycles. The number of hydrogen-bond donors (Lipinski definition) is 1. The average Bonchev–Trinajstić information content (AvgIpc) is 3.47. The first kappa shape index (κ1) is 24.8. The summed E-state index contributed by atoms with van der Waals surface area (Å²) in [5.41, 5.74) is 3.30. The lowest BCUT2D eigenvalue weighted by molar-refractivity contribution is 0.0923. The highest BCUT2D eigenvalue weighted by atomic mass is 79.9. The monoisotopic (exact) mass is 564 g/mol. The molecule has 36 heavy (non-hydrogen) atoms. The van der Waals surface area contributed by atoms with E-state index in [-0.39, 0.29) is 23.8 Å². The number of fused-ring (bicyclic) bond motifs is 1. The molecule has 186 valence electrons. The van der Waals surface area contributed by atoms with E-state index in [0.29, 0.717) is 22.8 Å². The molecule has 0 saturated heterocycles. The highest BCUT2D eigenvalue weighted by molar-refractivity contribution is 9.11. The van der Waals surface area contributed by atoms with E-state index in [0.717, 1.165) is 52.0 Å². The van der Waals surface area contributed by atoms with Crippen molar-refractivity contribution in [2.75, 3.05) is 0 Å². The van der Waals surface area contributed by atoms with Crippen molar-refractivity contribution >= 4 is 50.0 Å². The third kappa shape index (κ3) is 5.30. The molecule has 1 aromatic carbocycles. The maximum atomic E-state index is 12.8. The Morgan fingerprint density at radius 1 is 1.17 bits per heavy atom. The molecule has 4 aromatic rings. The minimum Gasteiger partial charge on any atom is -0.349 e. The van der Waals surface area contributed by atoms with Gasteiger partial charge in [-0.2, -0.15) is 0 Å². The van der Waals surface area contributed by atoms with Crippen LogP contribution in [0.5, 0.6) is 0 Å². The number of thiophene rings is 1. The number of rotatable bonds is 7. The van der Waals surface area contributed by atoms with Crippen molar-refractivity contribution in [1.29, 1.82) is 0 Å². The predicted molar refractivity (Wildman–Crippen MR) is 148 cm³/mol. The number of Topliss-reactive ketones (excluding diaryl/α,β-unsaturated/α-hetero) is 1. The van der Waals surface area contributed by atoms with E-state index in [2.05, 4.69) is 44.6 Å². The normalized spacial score (nSPS) is 18.0. The number of nitrogens with one attached hydrogen (secondary N) is 1. The van der Waals surface area contributed by atoms with Crippen molar-refractivity contribution in [2.24, 2.45) is 5.92 Å². The number of benzene rings is 1. The zero-order valence-electron chi connectivity index (χ0n) is 20.4. The Labute approximate surface area is 223 Å². The number of nitrogens with zero attached hydrogens (tertiary/aromatic N) is 3. The van der Waals surface area contributed by atoms with E-state index in [4.69, 9.17) is 4.98 Å². The highest BCUT2D eigenvalue weighted by Crippen LogP contribution is 2.36. The van der Waals surface area contributed by atoms with Crippen molar-refractivity contribution in [1.82, 2.24) is 19.9 Å². The van der Waals surface area contributed by atoms with E-state index < -0.39 is 0 Å². The first-order valence-electron chi connectivity index (χ1n) is 12.4. The van der Waals surface area contributed by atoms with Gasteiger partial charge in [0.2, 0.25) is 0 Å². The molecule has 0 spiro atoms. The minimum atomic E-state index is -0.0231. The highest BCUT2D eigenvalue weighted by Gasteiger charge is 2.29. The quantitative estimate of drug-likeness (QED) is 0.243. The molecule has 1 aliphatic rings. The second-order valence-corrected chi connectivity index (χ2v) is 12.3. The molecule has 5 rings (SSSR count). The van der Waals surface area contributed by atoms with Crippen molar-refractivity contribution < 1.29 is 9.59 Å². The lowest BCUT2D eigenvalue weighted by atomic mass is 9.90. The molecule has 1 N–H and O–H groups in total. The van der Waals surface area contributed by atoms with E-state index in [1.165, 1.54) is 11.3 Å². The Morgan fingerprint density at radius 3 is 2.75 bits per heavy atom. The molecule has 0 radical (unpaired) electrons. The molecular weight excluding hydrogens is 536 g/mol. The fourth-order valence-corrected chi connectivity index (χ4v) is 6.32. The predicted octanol–water partition coefficient (Wildman–Crippen LogP) is 7.06. The molecular formula is C28H29BrN4O2S. The van der Waals surface area contributed by atoms with Crippen molar-refractivity contribution in [3.8, 4) is 11.5 Å². The van der Waals surface area contributed by atoms with Crippen molar-refractivity contribution in [3.63, 3.8) is 0 Å². The first-order valence-corrected chi connectivity index (χ1v) is 14.0. The zero-order valence-corrected chi connectivity index (χ0v) is 22.8. The van der Waals surface area contributed by atoms with E-state index >= 15 is 0 Å². The standard InChI is InChI=1S/C28H29BrN4O2S/c1-17(2)14-24(34)18-9-10-23-22(15-18)32-27(21-8-3-4-13-30-21)33(23)20-7-5-6-19(16-20)31-28(35)25-11-12-26(29)36-25/h3-4,8-13,15,17,19-20H,5-7,14,16H2,1-2H3,(H,31,35). The third-order valence-corrected chi connectivity index (χ3v) is 8.27. The fourth-order valence-electron chi connectivity index (χ4n) is 5.03. The number of carbonyl (C=O) groups is 2. The number of halogens is 1. The maximum absolute atomic E-state index is 12.8. The molecule has 2 atom stereocenters. The summed E-state index contributed by atoms with van der Waals surface area (Å²) in [6, 6.07) is 15.7. The van der Waals surface area contributed by atoms with Gasteiger partial charge in [-0.3, -0.25) is 14.6 Å². The third-order valence-electron chi connectivity index (χ3n) is 6.64. The van der Waals surface area contributed by atoms with Gasteiger partial charge in [-0.15, -0.1) is 11.3 Å². The summed E-state index contributed by atoms with van der Waals surface area (Å²) in [5, 5.41) is 3.25. The Morgan fingerprint density at radius 2 is 2.03 bits per heavy atom. The van der Waals surface area contributed by atoms with Crippen LogP contribution in [0.2, 0.25) is 0 Å². The van der Waals surface area contributed by atoms with Crippen LogP contribution in [0.1, 0.15) is 72.0 Å². The number of hydrogen-bond acceptors (Lipinski definition) is 5. The smallest absolute Gasteiger partial charge is 0.261 e. The number of pyridine rings is 1. The van der Waals surface area contributed by atoms with Gasteiger partial charge in [-0.05, 0) is 90.0 Å². The molecule has 1 amide bonds. The molecule has 6 nitrogen and oxygen atoms in total. The molecule has 3 aromatic heterocycles. The Hall–Kier alpha value is -2.84. The summed E-state index contributed by atoms with van der Waals surface area (Å²) in [6.07, 6.45) is 6.07. The molecule has 1 fully saturated rings. The van der Waals surface area contributed by atoms with Gasteiger partial charge in [-0.25, -0.2) is 4.98 Å². The van der Waals surface area contributed by atoms with Crippen LogP contribution in [-0.2, 0) is 0 Å². The van der Waals surface area contributed by atoms with Crippen molar-refractivity contribution in [3.05, 3.63) is 69.0 Å². The van der Waals surface area contributed by atoms with Crippen LogP contribution in [0.4, 0.5) is 0 Å². The number of ketones is 1. The van der Waals surface area contributed by atoms with Crippen molar-refractivity contribution in [2.45, 2.75) is 58.0 Å². The summed E-state index contributed by atoms with van der Waals surface area (Å²) < 4.78 is 3.22. The van der Waals surface area contributed by atoms with Crippen LogP contribution in [0.25, 0.3) is 22.6 Å². The van der Waals surface area contributed by atoms with Gasteiger partial charge in [0.15, 0.2) is 11.6 Å². The SMILES string of the molecule is CC(C)CC(=O)c1ccc2c(c1)nc(-c1ccccn1)n2C1CCCC(NC(=O)c2ccc(Br)s2)C1. The maximum Gasteiger partial charge on any atom is 0.261 e. The molecule has 0 bridgehead atoms. The van der Waals surface area contributed by atoms with Gasteiger partial charge in [0.1, 0.15) is 5.69 Å². The van der Waals surface area contributed by atoms with Gasteiger partial charge >= 0.3 is 0 Å². The van der Waals surface area contributed by atoms with Gasteiger partial charge in [0.25, 0.3) is 5.91 Å². The topological polar surface area (TPSA) is 76.9 Å². The van der Waals surface area contributed by atoms with E-state index in [1.54, 1.807) is 6.20 Å². The van der Waals surface area contributed by atoms with Crippen LogP contribution in [-0.4, -0.2) is 32.3 Å². The molecule has 1 aliphatic carbocycles. The van der Waals surface area contributed by atoms with Gasteiger partial charge in [0, 0.05) is 30.3 Å². The summed E-state index contributed by atoms with van der Waals surface area (Å²) >= 11 is 4.89. The summed E-state index contributed by atoms with van der Waals surface area (Å²) in [4.78, 5) is 35.8. The van der Waals surface area contributed by atoms with Crippen LogP contribution in [0.3, 0.4) is 0 Å². The number of aromatic nitrogens is 3. The average molecular weight is 566 g/mol. The van der Waals surface area contributed by atoms with Gasteiger partial charge in [-0.1, -0.05) is 19.9 Å². The molecule has 3 heterocycles. The molecule has 0 aliphatic heterocycles. The zero-order chi connectivity index (χ0) is 25.2. The first-order chi connectivity index (χ1) is 17.4. The summed E-state index contributed by atoms with van der Waals surface area (Å²) in [7, 11) is 0. The number of carbonyl (C=O) groups excluding carboxylic acids is 2. The second kappa shape index (κ2) is 10.6. The van der Waals surface area contributed by atoms with Gasteiger partial charge < -0.3 is 9.88 Å². The number of imidazole rings is 1. The Bertz CT molecular complexity index is 1400. The van der Waals surface area contributed by atoms with E-state index in [9.17, 15) is 9.59 Å². The fraction of sp³-hybridized carbons (Fsp3) is 0.357. The largest absolute Gasteiger partial charge is 0.349 e. The lowest BCUT2D eigenvalue weighted by Gasteiger charge is -2.31. The summed E-state index contributed by atoms with van der Waals surface area (Å²) in [5.74, 6) is 1.23. The van der Waals surface area contributed by atoms with E-state index in [1.807, 2.05) is 48.5 Å². The Kier molecular flexibility index (Phi) is 7.34. The Balaban J connectivity index is 1.48. The lowest BCUT2D eigenvalue weighted by Crippen LogP contribution is -2.38. The molecule has 2 unspecified atom stereocenters.